The van der Waals surface area contributed by atoms with Crippen LogP contribution < -0.4 is 10.9 Å². The van der Waals surface area contributed by atoms with Crippen LogP contribution in [0.1, 0.15) is 28.5 Å². The molecular formula is C18H18N6OS. The largest absolute Gasteiger partial charge is 0.316 e. The fourth-order valence-corrected chi connectivity index (χ4v) is 4.63. The summed E-state index contributed by atoms with van der Waals surface area (Å²) >= 11 is 1.59. The Balaban J connectivity index is 1.66. The summed E-state index contributed by atoms with van der Waals surface area (Å²) in [5.41, 5.74) is 3.97. The number of fused-ring (bicyclic) bond motifs is 2. The van der Waals surface area contributed by atoms with Gasteiger partial charge in [0.25, 0.3) is 5.56 Å². The molecule has 132 valence electrons. The molecule has 0 saturated carbocycles. The average molecular weight is 366 g/mol. The van der Waals surface area contributed by atoms with Crippen LogP contribution in [0.25, 0.3) is 22.0 Å². The molecule has 7 nitrogen and oxygen atoms in total. The van der Waals surface area contributed by atoms with Crippen molar-refractivity contribution in [1.82, 2.24) is 29.3 Å². The lowest BCUT2D eigenvalue weighted by Gasteiger charge is -2.03. The number of thiazole rings is 1. The van der Waals surface area contributed by atoms with Gasteiger partial charge in [-0.1, -0.05) is 0 Å². The maximum absolute atomic E-state index is 12.6. The Hall–Kier alpha value is -2.58. The normalized spacial score (nSPS) is 17.5. The number of aromatic nitrogens is 5. The summed E-state index contributed by atoms with van der Waals surface area (Å²) < 4.78 is 3.40. The van der Waals surface area contributed by atoms with Crippen LogP contribution in [0.2, 0.25) is 0 Å². The second-order valence-electron chi connectivity index (χ2n) is 6.82. The molecule has 0 radical (unpaired) electrons. The van der Waals surface area contributed by atoms with E-state index in [9.17, 15) is 4.79 Å². The molecule has 1 atom stereocenters. The van der Waals surface area contributed by atoms with Gasteiger partial charge >= 0.3 is 0 Å². The Bertz CT molecular complexity index is 1200. The van der Waals surface area contributed by atoms with Crippen LogP contribution in [-0.2, 0) is 0 Å². The minimum Gasteiger partial charge on any atom is -0.316 e. The third-order valence-corrected chi connectivity index (χ3v) is 5.99. The maximum Gasteiger partial charge on any atom is 0.259 e. The van der Waals surface area contributed by atoms with Crippen LogP contribution in [0.15, 0.2) is 29.3 Å². The Kier molecular flexibility index (Phi) is 3.44. The summed E-state index contributed by atoms with van der Waals surface area (Å²) in [5, 5.41) is 7.97. The highest BCUT2D eigenvalue weighted by Gasteiger charge is 2.20. The Morgan fingerprint density at radius 1 is 1.19 bits per heavy atom. The summed E-state index contributed by atoms with van der Waals surface area (Å²) in [5.74, 6) is 0.468. The number of aryl methyl sites for hydroxylation is 2. The van der Waals surface area contributed by atoms with E-state index in [4.69, 9.17) is 4.98 Å². The monoisotopic (exact) mass is 366 g/mol. The van der Waals surface area contributed by atoms with E-state index in [1.807, 2.05) is 32.3 Å². The zero-order valence-electron chi connectivity index (χ0n) is 14.6. The van der Waals surface area contributed by atoms with Crippen molar-refractivity contribution in [2.24, 2.45) is 0 Å². The molecule has 0 bridgehead atoms. The highest BCUT2D eigenvalue weighted by molar-refractivity contribution is 7.17. The van der Waals surface area contributed by atoms with Crippen LogP contribution in [-0.4, -0.2) is 37.1 Å². The topological polar surface area (TPSA) is 76.6 Å². The zero-order valence-corrected chi connectivity index (χ0v) is 15.4. The van der Waals surface area contributed by atoms with Crippen LogP contribution >= 0.6 is 11.3 Å². The molecular weight excluding hydrogens is 348 g/mol. The van der Waals surface area contributed by atoms with Crippen molar-refractivity contribution in [1.29, 1.82) is 0 Å². The molecule has 0 spiro atoms. The van der Waals surface area contributed by atoms with Crippen molar-refractivity contribution in [2.75, 3.05) is 13.1 Å². The molecule has 0 aliphatic carbocycles. The minimum absolute atomic E-state index is 0.0696. The van der Waals surface area contributed by atoms with Crippen molar-refractivity contribution in [2.45, 2.75) is 26.2 Å². The van der Waals surface area contributed by atoms with E-state index in [2.05, 4.69) is 15.4 Å². The van der Waals surface area contributed by atoms with Crippen molar-refractivity contribution >= 4 is 21.9 Å². The van der Waals surface area contributed by atoms with Gasteiger partial charge in [-0.3, -0.25) is 9.20 Å². The standard InChI is InChI=1S/C18H18N6OS/c1-10-5-14(22-24-8-11(2)20-17(10)24)13-6-16(25)23-9-15(26-18(23)21-13)12-3-4-19-7-12/h5-6,8-9,12,19H,3-4,7H2,1-2H3. The van der Waals surface area contributed by atoms with Gasteiger partial charge in [0, 0.05) is 29.6 Å². The summed E-state index contributed by atoms with van der Waals surface area (Å²) in [6.45, 7) is 5.93. The molecule has 1 unspecified atom stereocenters. The number of rotatable bonds is 2. The number of nitrogens with zero attached hydrogens (tertiary/aromatic N) is 5. The molecule has 1 aliphatic rings. The Labute approximate surface area is 153 Å². The Morgan fingerprint density at radius 3 is 2.88 bits per heavy atom. The predicted octanol–water partition coefficient (Wildman–Crippen LogP) is 2.16. The number of hydrogen-bond acceptors (Lipinski definition) is 6. The van der Waals surface area contributed by atoms with E-state index in [0.29, 0.717) is 17.3 Å². The number of nitrogens with one attached hydrogen (secondary N) is 1. The number of imidazole rings is 1. The van der Waals surface area contributed by atoms with Crippen molar-refractivity contribution < 1.29 is 0 Å². The first-order valence-corrected chi connectivity index (χ1v) is 9.48. The van der Waals surface area contributed by atoms with E-state index in [1.165, 1.54) is 4.88 Å². The van der Waals surface area contributed by atoms with Crippen LogP contribution in [0.5, 0.6) is 0 Å². The molecule has 26 heavy (non-hydrogen) atoms. The molecule has 1 aliphatic heterocycles. The van der Waals surface area contributed by atoms with Crippen LogP contribution in [0.4, 0.5) is 0 Å². The van der Waals surface area contributed by atoms with Gasteiger partial charge in [0.05, 0.1) is 17.6 Å². The van der Waals surface area contributed by atoms with Gasteiger partial charge in [-0.2, -0.15) is 5.10 Å². The van der Waals surface area contributed by atoms with Gasteiger partial charge in [-0.15, -0.1) is 11.3 Å². The lowest BCUT2D eigenvalue weighted by molar-refractivity contribution is 0.774. The second-order valence-corrected chi connectivity index (χ2v) is 7.86. The molecule has 1 fully saturated rings. The fourth-order valence-electron chi connectivity index (χ4n) is 3.51. The highest BCUT2D eigenvalue weighted by atomic mass is 32.1. The summed E-state index contributed by atoms with van der Waals surface area (Å²) in [6, 6.07) is 3.50. The molecule has 5 heterocycles. The molecule has 0 amide bonds. The molecule has 5 rings (SSSR count). The zero-order chi connectivity index (χ0) is 17.8. The smallest absolute Gasteiger partial charge is 0.259 e. The SMILES string of the molecule is Cc1cn2nc(-c3cc(=O)n4cc(C5CCNC5)sc4n3)cc(C)c2n1. The van der Waals surface area contributed by atoms with Crippen LogP contribution in [0, 0.1) is 13.8 Å². The summed E-state index contributed by atoms with van der Waals surface area (Å²) in [6.07, 6.45) is 4.93. The highest BCUT2D eigenvalue weighted by Crippen LogP contribution is 2.29. The fraction of sp³-hybridized carbons (Fsp3) is 0.333. The van der Waals surface area contributed by atoms with E-state index in [0.717, 1.165) is 41.4 Å². The van der Waals surface area contributed by atoms with E-state index < -0.39 is 0 Å². The van der Waals surface area contributed by atoms with Gasteiger partial charge in [0.2, 0.25) is 0 Å². The molecule has 4 aromatic heterocycles. The molecule has 1 N–H and O–H groups in total. The predicted molar refractivity (Wildman–Crippen MR) is 101 cm³/mol. The third-order valence-electron chi connectivity index (χ3n) is 4.84. The van der Waals surface area contributed by atoms with Gasteiger partial charge in [-0.25, -0.2) is 14.5 Å². The van der Waals surface area contributed by atoms with E-state index in [1.54, 1.807) is 26.3 Å². The lowest BCUT2D eigenvalue weighted by Crippen LogP contribution is -2.12. The summed E-state index contributed by atoms with van der Waals surface area (Å²) in [7, 11) is 0. The lowest BCUT2D eigenvalue weighted by atomic mass is 10.1. The quantitative estimate of drug-likeness (QED) is 0.588. The third kappa shape index (κ3) is 2.45. The molecule has 4 aromatic rings. The molecule has 8 heteroatoms. The van der Waals surface area contributed by atoms with Crippen LogP contribution in [0.3, 0.4) is 0 Å². The van der Waals surface area contributed by atoms with E-state index >= 15 is 0 Å². The average Bonchev–Trinajstić information content (AvgIpc) is 3.32. The minimum atomic E-state index is -0.0696. The van der Waals surface area contributed by atoms with Crippen molar-refractivity contribution in [3.63, 3.8) is 0 Å². The first-order valence-electron chi connectivity index (χ1n) is 8.66. The number of hydrogen-bond donors (Lipinski definition) is 1. The van der Waals surface area contributed by atoms with Crippen molar-refractivity contribution in [3.05, 3.63) is 51.0 Å². The van der Waals surface area contributed by atoms with E-state index in [-0.39, 0.29) is 5.56 Å². The summed E-state index contributed by atoms with van der Waals surface area (Å²) in [4.78, 5) is 23.7. The maximum atomic E-state index is 12.6. The van der Waals surface area contributed by atoms with Gasteiger partial charge < -0.3 is 5.32 Å². The molecule has 0 aromatic carbocycles. The second kappa shape index (κ2) is 5.72. The first kappa shape index (κ1) is 15.7. The first-order chi connectivity index (χ1) is 12.6. The Morgan fingerprint density at radius 2 is 2.08 bits per heavy atom. The van der Waals surface area contributed by atoms with Gasteiger partial charge in [0.15, 0.2) is 10.6 Å². The molecule has 1 saturated heterocycles. The van der Waals surface area contributed by atoms with Gasteiger partial charge in [-0.05, 0) is 38.4 Å². The van der Waals surface area contributed by atoms with Crippen molar-refractivity contribution in [3.8, 4) is 11.4 Å². The van der Waals surface area contributed by atoms with Gasteiger partial charge in [0.1, 0.15) is 5.69 Å².